The summed E-state index contributed by atoms with van der Waals surface area (Å²) < 4.78 is 28.7. The topological polar surface area (TPSA) is 59.1 Å². The van der Waals surface area contributed by atoms with Crippen LogP contribution in [0.25, 0.3) is 10.2 Å². The van der Waals surface area contributed by atoms with E-state index in [2.05, 4.69) is 20.6 Å². The third-order valence-electron chi connectivity index (χ3n) is 2.52. The van der Waals surface area contributed by atoms with Crippen LogP contribution in [0.1, 0.15) is 4.88 Å². The summed E-state index contributed by atoms with van der Waals surface area (Å²) in [5, 5.41) is 6.93. The van der Waals surface area contributed by atoms with Crippen LogP contribution in [-0.2, 0) is 4.74 Å². The van der Waals surface area contributed by atoms with Crippen molar-refractivity contribution in [3.05, 3.63) is 10.9 Å². The summed E-state index contributed by atoms with van der Waals surface area (Å²) in [7, 11) is 1.75. The Hall–Kier alpha value is -1.54. The average molecular weight is 302 g/mol. The molecular weight excluding hydrogens is 286 g/mol. The summed E-state index contributed by atoms with van der Waals surface area (Å²) in [6.07, 6.45) is -2.43. The molecule has 0 radical (unpaired) electrons. The molecule has 2 heterocycles. The zero-order valence-electron chi connectivity index (χ0n) is 11.2. The van der Waals surface area contributed by atoms with Crippen molar-refractivity contribution in [2.75, 3.05) is 37.4 Å². The van der Waals surface area contributed by atoms with Crippen molar-refractivity contribution in [3.8, 4) is 0 Å². The van der Waals surface area contributed by atoms with Crippen molar-refractivity contribution in [2.45, 2.75) is 13.3 Å². The Balaban J connectivity index is 2.04. The highest BCUT2D eigenvalue weighted by molar-refractivity contribution is 7.18. The highest BCUT2D eigenvalue weighted by Crippen LogP contribution is 2.29. The van der Waals surface area contributed by atoms with Gasteiger partial charge in [0.1, 0.15) is 17.3 Å². The predicted molar refractivity (Wildman–Crippen MR) is 77.0 cm³/mol. The number of alkyl halides is 2. The molecule has 20 heavy (non-hydrogen) atoms. The average Bonchev–Trinajstić information content (AvgIpc) is 2.78. The maximum absolute atomic E-state index is 11.9. The van der Waals surface area contributed by atoms with Crippen LogP contribution in [0.4, 0.5) is 20.5 Å². The molecule has 0 aliphatic rings. The molecule has 2 aromatic rings. The van der Waals surface area contributed by atoms with Crippen molar-refractivity contribution < 1.29 is 13.5 Å². The summed E-state index contributed by atoms with van der Waals surface area (Å²) in [5.74, 6) is 1.21. The third kappa shape index (κ3) is 3.73. The van der Waals surface area contributed by atoms with Crippen LogP contribution in [0.3, 0.4) is 0 Å². The van der Waals surface area contributed by atoms with Crippen LogP contribution < -0.4 is 10.6 Å². The molecule has 110 valence electrons. The first-order valence-corrected chi connectivity index (χ1v) is 6.97. The lowest BCUT2D eigenvalue weighted by atomic mass is 10.3. The second-order valence-electron chi connectivity index (χ2n) is 4.11. The van der Waals surface area contributed by atoms with Gasteiger partial charge in [-0.2, -0.15) is 4.98 Å². The van der Waals surface area contributed by atoms with E-state index < -0.39 is 13.0 Å². The molecule has 8 heteroatoms. The zero-order valence-corrected chi connectivity index (χ0v) is 12.1. The van der Waals surface area contributed by atoms with Crippen LogP contribution in [0, 0.1) is 6.92 Å². The lowest BCUT2D eigenvalue weighted by Gasteiger charge is -2.09. The van der Waals surface area contributed by atoms with Crippen molar-refractivity contribution in [3.63, 3.8) is 0 Å². The predicted octanol–water partition coefficient (Wildman–Crippen LogP) is 2.74. The van der Waals surface area contributed by atoms with Gasteiger partial charge in [-0.3, -0.25) is 0 Å². The highest BCUT2D eigenvalue weighted by atomic mass is 32.1. The number of anilines is 2. The van der Waals surface area contributed by atoms with Gasteiger partial charge in [0, 0.05) is 18.5 Å². The molecule has 0 saturated carbocycles. The molecule has 0 aromatic carbocycles. The first-order valence-electron chi connectivity index (χ1n) is 6.16. The molecule has 0 atom stereocenters. The van der Waals surface area contributed by atoms with Crippen molar-refractivity contribution >= 4 is 33.3 Å². The lowest BCUT2D eigenvalue weighted by molar-refractivity contribution is 0.0215. The van der Waals surface area contributed by atoms with E-state index in [1.54, 1.807) is 18.4 Å². The first kappa shape index (κ1) is 14.9. The molecule has 0 unspecified atom stereocenters. The van der Waals surface area contributed by atoms with Crippen LogP contribution in [-0.4, -0.2) is 43.2 Å². The number of aryl methyl sites for hydroxylation is 1. The molecule has 2 N–H and O–H groups in total. The van der Waals surface area contributed by atoms with E-state index in [0.717, 1.165) is 15.1 Å². The highest BCUT2D eigenvalue weighted by Gasteiger charge is 2.09. The molecule has 0 aliphatic heterocycles. The van der Waals surface area contributed by atoms with Gasteiger partial charge in [0.25, 0.3) is 6.43 Å². The van der Waals surface area contributed by atoms with Crippen LogP contribution in [0.15, 0.2) is 6.07 Å². The zero-order chi connectivity index (χ0) is 14.5. The standard InChI is InChI=1S/C12H16F2N4OS/c1-7-5-8-10(16-3-4-19-6-9(13)14)17-12(15-2)18-11(8)20-7/h5,9H,3-4,6H2,1-2H3,(H2,15,16,17,18). The van der Waals surface area contributed by atoms with E-state index in [4.69, 9.17) is 4.74 Å². The van der Waals surface area contributed by atoms with E-state index in [1.165, 1.54) is 0 Å². The summed E-state index contributed by atoms with van der Waals surface area (Å²) in [4.78, 5) is 10.7. The third-order valence-corrected chi connectivity index (χ3v) is 3.47. The van der Waals surface area contributed by atoms with E-state index in [-0.39, 0.29) is 6.61 Å². The summed E-state index contributed by atoms with van der Waals surface area (Å²) in [6.45, 7) is 2.08. The quantitative estimate of drug-likeness (QED) is 0.770. The van der Waals surface area contributed by atoms with Gasteiger partial charge >= 0.3 is 0 Å². The maximum Gasteiger partial charge on any atom is 0.261 e. The monoisotopic (exact) mass is 302 g/mol. The smallest absolute Gasteiger partial charge is 0.261 e. The Morgan fingerprint density at radius 2 is 2.20 bits per heavy atom. The van der Waals surface area contributed by atoms with Gasteiger partial charge in [0.15, 0.2) is 0 Å². The van der Waals surface area contributed by atoms with E-state index in [1.807, 2.05) is 13.0 Å². The number of ether oxygens (including phenoxy) is 1. The van der Waals surface area contributed by atoms with Crippen LogP contribution in [0.5, 0.6) is 0 Å². The van der Waals surface area contributed by atoms with Gasteiger partial charge in [-0.15, -0.1) is 11.3 Å². The number of fused-ring (bicyclic) bond motifs is 1. The fourth-order valence-electron chi connectivity index (χ4n) is 1.70. The molecule has 0 bridgehead atoms. The van der Waals surface area contributed by atoms with E-state index in [0.29, 0.717) is 18.3 Å². The van der Waals surface area contributed by atoms with Gasteiger partial charge in [0.2, 0.25) is 5.95 Å². The van der Waals surface area contributed by atoms with Gasteiger partial charge in [-0.05, 0) is 13.0 Å². The number of rotatable bonds is 7. The molecule has 0 fully saturated rings. The maximum atomic E-state index is 11.9. The molecule has 0 spiro atoms. The van der Waals surface area contributed by atoms with Crippen LogP contribution >= 0.6 is 11.3 Å². The number of hydrogen-bond acceptors (Lipinski definition) is 6. The summed E-state index contributed by atoms with van der Waals surface area (Å²) in [5.41, 5.74) is 0. The van der Waals surface area contributed by atoms with E-state index >= 15 is 0 Å². The Bertz CT molecular complexity index is 576. The number of nitrogens with zero attached hydrogens (tertiary/aromatic N) is 2. The SMILES string of the molecule is CNc1nc(NCCOCC(F)F)c2cc(C)sc2n1. The molecule has 0 amide bonds. The second kappa shape index (κ2) is 6.76. The number of halogens is 2. The van der Waals surface area contributed by atoms with Gasteiger partial charge in [-0.25, -0.2) is 13.8 Å². The Morgan fingerprint density at radius 1 is 1.40 bits per heavy atom. The van der Waals surface area contributed by atoms with Gasteiger partial charge < -0.3 is 15.4 Å². The fourth-order valence-corrected chi connectivity index (χ4v) is 2.58. The van der Waals surface area contributed by atoms with Gasteiger partial charge in [0.05, 0.1) is 12.0 Å². The second-order valence-corrected chi connectivity index (χ2v) is 5.35. The molecule has 2 rings (SSSR count). The minimum Gasteiger partial charge on any atom is -0.374 e. The van der Waals surface area contributed by atoms with Crippen LogP contribution in [0.2, 0.25) is 0 Å². The number of aromatic nitrogens is 2. The molecule has 0 aliphatic carbocycles. The number of nitrogens with one attached hydrogen (secondary N) is 2. The van der Waals surface area contributed by atoms with Crippen molar-refractivity contribution in [1.82, 2.24) is 9.97 Å². The summed E-state index contributed by atoms with van der Waals surface area (Å²) >= 11 is 1.58. The van der Waals surface area contributed by atoms with Crippen molar-refractivity contribution in [2.24, 2.45) is 0 Å². The minimum atomic E-state index is -2.43. The lowest BCUT2D eigenvalue weighted by Crippen LogP contribution is -2.14. The molecule has 5 nitrogen and oxygen atoms in total. The fraction of sp³-hybridized carbons (Fsp3) is 0.500. The normalized spacial score (nSPS) is 11.2. The van der Waals surface area contributed by atoms with E-state index in [9.17, 15) is 8.78 Å². The molecule has 0 saturated heterocycles. The van der Waals surface area contributed by atoms with Gasteiger partial charge in [-0.1, -0.05) is 0 Å². The first-order chi connectivity index (χ1) is 9.60. The molecule has 2 aromatic heterocycles. The Labute approximate surface area is 119 Å². The number of thiophene rings is 1. The minimum absolute atomic E-state index is 0.202. The largest absolute Gasteiger partial charge is 0.374 e. The van der Waals surface area contributed by atoms with Crippen molar-refractivity contribution in [1.29, 1.82) is 0 Å². The summed E-state index contributed by atoms with van der Waals surface area (Å²) in [6, 6.07) is 2.00. The number of hydrogen-bond donors (Lipinski definition) is 2. The Morgan fingerprint density at radius 3 is 2.90 bits per heavy atom. The molecular formula is C12H16F2N4OS. The Kier molecular flexibility index (Phi) is 5.02.